The predicted octanol–water partition coefficient (Wildman–Crippen LogP) is 3.21. The molecule has 3 rings (SSSR count). The highest BCUT2D eigenvalue weighted by molar-refractivity contribution is 7.13. The molecule has 0 spiro atoms. The summed E-state index contributed by atoms with van der Waals surface area (Å²) >= 11 is 13.8. The lowest BCUT2D eigenvalue weighted by Gasteiger charge is -2.36. The van der Waals surface area contributed by atoms with E-state index in [4.69, 9.17) is 23.2 Å². The van der Waals surface area contributed by atoms with Crippen molar-refractivity contribution in [3.63, 3.8) is 0 Å². The third-order valence-electron chi connectivity index (χ3n) is 3.69. The van der Waals surface area contributed by atoms with Gasteiger partial charge in [0.1, 0.15) is 0 Å². The summed E-state index contributed by atoms with van der Waals surface area (Å²) in [5.74, 6) is -0.0332. The first kappa shape index (κ1) is 16.5. The van der Waals surface area contributed by atoms with Crippen LogP contribution in [-0.4, -0.2) is 48.5 Å². The predicted molar refractivity (Wildman–Crippen MR) is 95.9 cm³/mol. The zero-order valence-corrected chi connectivity index (χ0v) is 14.7. The average Bonchev–Trinajstić information content (AvgIpc) is 3.04. The Labute approximate surface area is 148 Å². The number of amides is 1. The Hall–Kier alpha value is -1.34. The molecule has 5 nitrogen and oxygen atoms in total. The van der Waals surface area contributed by atoms with Crippen LogP contribution in [0.15, 0.2) is 29.8 Å². The van der Waals surface area contributed by atoms with E-state index in [0.29, 0.717) is 21.7 Å². The monoisotopic (exact) mass is 370 g/mol. The summed E-state index contributed by atoms with van der Waals surface area (Å²) in [6, 6.07) is 5.66. The molecule has 0 atom stereocenters. The second kappa shape index (κ2) is 7.49. The Morgan fingerprint density at radius 2 is 2.04 bits per heavy atom. The van der Waals surface area contributed by atoms with Crippen molar-refractivity contribution in [2.24, 2.45) is 0 Å². The number of halogens is 2. The van der Waals surface area contributed by atoms with Gasteiger partial charge >= 0.3 is 0 Å². The number of hydrogen-bond donors (Lipinski definition) is 1. The van der Waals surface area contributed by atoms with Gasteiger partial charge in [-0.3, -0.25) is 9.69 Å². The van der Waals surface area contributed by atoms with Gasteiger partial charge in [-0.1, -0.05) is 29.3 Å². The fourth-order valence-electron chi connectivity index (χ4n) is 2.53. The minimum atomic E-state index is -0.0332. The van der Waals surface area contributed by atoms with Crippen LogP contribution in [-0.2, 0) is 4.79 Å². The second-order valence-electron chi connectivity index (χ2n) is 5.22. The standard InChI is InChI=1S/C15H16Cl2N4OS/c16-11-2-1-3-12(14(11)17)21-7-5-20(6-8-21)10-13(22)19-15-18-4-9-23-15/h1-4,9H,5-8,10H2,(H,18,19,22). The Bertz CT molecular complexity index is 672. The number of benzene rings is 1. The number of nitrogens with one attached hydrogen (secondary N) is 1. The Balaban J connectivity index is 1.52. The second-order valence-corrected chi connectivity index (χ2v) is 6.90. The lowest BCUT2D eigenvalue weighted by atomic mass is 10.2. The number of rotatable bonds is 4. The van der Waals surface area contributed by atoms with Crippen molar-refractivity contribution in [2.45, 2.75) is 0 Å². The van der Waals surface area contributed by atoms with Gasteiger partial charge < -0.3 is 10.2 Å². The van der Waals surface area contributed by atoms with Gasteiger partial charge in [-0.25, -0.2) is 4.98 Å². The molecule has 1 fully saturated rings. The van der Waals surface area contributed by atoms with Crippen LogP contribution in [0.25, 0.3) is 0 Å². The Kier molecular flexibility index (Phi) is 5.38. The quantitative estimate of drug-likeness (QED) is 0.897. The van der Waals surface area contributed by atoms with Gasteiger partial charge in [-0.15, -0.1) is 11.3 Å². The highest BCUT2D eigenvalue weighted by atomic mass is 35.5. The van der Waals surface area contributed by atoms with Gasteiger partial charge in [-0.2, -0.15) is 0 Å². The van der Waals surface area contributed by atoms with E-state index in [9.17, 15) is 4.79 Å². The van der Waals surface area contributed by atoms with Gasteiger partial charge in [0.25, 0.3) is 0 Å². The van der Waals surface area contributed by atoms with Crippen LogP contribution in [0.5, 0.6) is 0 Å². The number of anilines is 2. The van der Waals surface area contributed by atoms with Crippen LogP contribution >= 0.6 is 34.5 Å². The van der Waals surface area contributed by atoms with Crippen LogP contribution in [0.3, 0.4) is 0 Å². The smallest absolute Gasteiger partial charge is 0.240 e. The van der Waals surface area contributed by atoms with E-state index < -0.39 is 0 Å². The summed E-state index contributed by atoms with van der Waals surface area (Å²) in [5.41, 5.74) is 0.950. The molecule has 0 unspecified atom stereocenters. The Morgan fingerprint density at radius 1 is 1.26 bits per heavy atom. The van der Waals surface area contributed by atoms with Crippen LogP contribution in [0.1, 0.15) is 0 Å². The molecule has 23 heavy (non-hydrogen) atoms. The highest BCUT2D eigenvalue weighted by Gasteiger charge is 2.21. The number of nitrogens with zero attached hydrogens (tertiary/aromatic N) is 3. The van der Waals surface area contributed by atoms with Crippen LogP contribution in [0.2, 0.25) is 10.0 Å². The molecule has 1 saturated heterocycles. The summed E-state index contributed by atoms with van der Waals surface area (Å²) in [7, 11) is 0. The largest absolute Gasteiger partial charge is 0.368 e. The van der Waals surface area contributed by atoms with Crippen molar-refractivity contribution in [1.29, 1.82) is 0 Å². The number of hydrogen-bond acceptors (Lipinski definition) is 5. The minimum Gasteiger partial charge on any atom is -0.368 e. The fraction of sp³-hybridized carbons (Fsp3) is 0.333. The van der Waals surface area contributed by atoms with E-state index in [2.05, 4.69) is 20.1 Å². The molecular formula is C15H16Cl2N4OS. The SMILES string of the molecule is O=C(CN1CCN(c2cccc(Cl)c2Cl)CC1)Nc1nccs1. The maximum atomic E-state index is 12.0. The lowest BCUT2D eigenvalue weighted by Crippen LogP contribution is -2.48. The molecule has 2 heterocycles. The lowest BCUT2D eigenvalue weighted by molar-refractivity contribution is -0.117. The van der Waals surface area contributed by atoms with Crippen molar-refractivity contribution >= 4 is 51.3 Å². The van der Waals surface area contributed by atoms with Crippen molar-refractivity contribution in [3.05, 3.63) is 39.8 Å². The molecule has 2 aromatic rings. The van der Waals surface area contributed by atoms with E-state index in [-0.39, 0.29) is 5.91 Å². The molecule has 0 aliphatic carbocycles. The number of carbonyl (C=O) groups excluding carboxylic acids is 1. The van der Waals surface area contributed by atoms with Gasteiger partial charge in [0.2, 0.25) is 5.91 Å². The van der Waals surface area contributed by atoms with E-state index in [1.165, 1.54) is 11.3 Å². The zero-order valence-electron chi connectivity index (χ0n) is 12.3. The van der Waals surface area contributed by atoms with E-state index in [1.54, 1.807) is 12.3 Å². The fourth-order valence-corrected chi connectivity index (χ4v) is 3.49. The van der Waals surface area contributed by atoms with Crippen molar-refractivity contribution in [2.75, 3.05) is 42.9 Å². The first-order valence-electron chi connectivity index (χ1n) is 7.24. The topological polar surface area (TPSA) is 48.5 Å². The molecule has 8 heteroatoms. The zero-order chi connectivity index (χ0) is 16.2. The molecule has 1 amide bonds. The third kappa shape index (κ3) is 4.14. The molecule has 0 bridgehead atoms. The number of carbonyl (C=O) groups is 1. The molecule has 122 valence electrons. The first-order chi connectivity index (χ1) is 11.1. The minimum absolute atomic E-state index is 0.0332. The van der Waals surface area contributed by atoms with E-state index >= 15 is 0 Å². The molecule has 1 aromatic heterocycles. The van der Waals surface area contributed by atoms with E-state index in [0.717, 1.165) is 31.9 Å². The first-order valence-corrected chi connectivity index (χ1v) is 8.87. The maximum absolute atomic E-state index is 12.0. The molecule has 1 aromatic carbocycles. The van der Waals surface area contributed by atoms with Crippen molar-refractivity contribution < 1.29 is 4.79 Å². The van der Waals surface area contributed by atoms with Crippen LogP contribution in [0.4, 0.5) is 10.8 Å². The molecule has 1 aliphatic heterocycles. The molecular weight excluding hydrogens is 355 g/mol. The highest BCUT2D eigenvalue weighted by Crippen LogP contribution is 2.32. The number of aromatic nitrogens is 1. The number of piperazine rings is 1. The van der Waals surface area contributed by atoms with Gasteiger partial charge in [-0.05, 0) is 12.1 Å². The van der Waals surface area contributed by atoms with Crippen molar-refractivity contribution in [1.82, 2.24) is 9.88 Å². The van der Waals surface area contributed by atoms with Crippen molar-refractivity contribution in [3.8, 4) is 0 Å². The van der Waals surface area contributed by atoms with Gasteiger partial charge in [0.15, 0.2) is 5.13 Å². The van der Waals surface area contributed by atoms with Crippen LogP contribution < -0.4 is 10.2 Å². The third-order valence-corrected chi connectivity index (χ3v) is 5.19. The Morgan fingerprint density at radius 3 is 2.74 bits per heavy atom. The summed E-state index contributed by atoms with van der Waals surface area (Å²) in [4.78, 5) is 20.4. The van der Waals surface area contributed by atoms with Gasteiger partial charge in [0.05, 0.1) is 22.3 Å². The van der Waals surface area contributed by atoms with Crippen LogP contribution in [0, 0.1) is 0 Å². The molecule has 1 N–H and O–H groups in total. The summed E-state index contributed by atoms with van der Waals surface area (Å²) in [6.07, 6.45) is 1.67. The number of thiazole rings is 1. The molecule has 0 saturated carbocycles. The summed E-state index contributed by atoms with van der Waals surface area (Å²) < 4.78 is 0. The maximum Gasteiger partial charge on any atom is 0.240 e. The molecule has 0 radical (unpaired) electrons. The normalized spacial score (nSPS) is 15.7. The summed E-state index contributed by atoms with van der Waals surface area (Å²) in [6.45, 7) is 3.59. The average molecular weight is 371 g/mol. The molecule has 1 aliphatic rings. The summed E-state index contributed by atoms with van der Waals surface area (Å²) in [5, 5.41) is 6.43. The van der Waals surface area contributed by atoms with E-state index in [1.807, 2.05) is 17.5 Å². The van der Waals surface area contributed by atoms with Gasteiger partial charge in [0, 0.05) is 37.8 Å².